The van der Waals surface area contributed by atoms with Gasteiger partial charge in [0, 0.05) is 30.7 Å². The third-order valence-electron chi connectivity index (χ3n) is 4.06. The van der Waals surface area contributed by atoms with E-state index in [2.05, 4.69) is 22.4 Å². The van der Waals surface area contributed by atoms with E-state index in [4.69, 9.17) is 4.99 Å². The predicted molar refractivity (Wildman–Crippen MR) is 81.6 cm³/mol. The Kier molecular flexibility index (Phi) is 4.38. The van der Waals surface area contributed by atoms with Crippen molar-refractivity contribution in [2.75, 3.05) is 12.3 Å². The number of aliphatic imine (C=N–C) groups is 1. The number of nitrogens with one attached hydrogen (secondary N) is 1. The van der Waals surface area contributed by atoms with Crippen LogP contribution in [0.3, 0.4) is 0 Å². The van der Waals surface area contributed by atoms with Gasteiger partial charge in [0.25, 0.3) is 0 Å². The van der Waals surface area contributed by atoms with Crippen LogP contribution < -0.4 is 5.32 Å². The highest BCUT2D eigenvalue weighted by molar-refractivity contribution is 8.13. The van der Waals surface area contributed by atoms with Crippen molar-refractivity contribution < 1.29 is 0 Å². The number of amidine groups is 1. The van der Waals surface area contributed by atoms with E-state index in [0.717, 1.165) is 24.1 Å². The number of fused-ring (bicyclic) bond motifs is 1. The highest BCUT2D eigenvalue weighted by Gasteiger charge is 2.29. The Hall–Kier alpha value is -1.03. The van der Waals surface area contributed by atoms with Crippen LogP contribution in [0.1, 0.15) is 31.2 Å². The highest BCUT2D eigenvalue weighted by Crippen LogP contribution is 2.31. The van der Waals surface area contributed by atoms with Gasteiger partial charge in [0.2, 0.25) is 0 Å². The molecule has 1 aliphatic carbocycles. The Bertz CT molecular complexity index is 432. The first-order chi connectivity index (χ1) is 9.42. The molecular formula is C15H21N3S. The van der Waals surface area contributed by atoms with Gasteiger partial charge in [0.05, 0.1) is 0 Å². The van der Waals surface area contributed by atoms with Crippen LogP contribution in [0, 0.1) is 5.92 Å². The molecular weight excluding hydrogens is 254 g/mol. The SMILES string of the molecule is c1cc(CCN=C2NC3CCCCC3CS2)ccn1. The number of rotatable bonds is 3. The molecule has 2 atom stereocenters. The molecule has 4 heteroatoms. The zero-order valence-corrected chi connectivity index (χ0v) is 12.0. The number of nitrogens with zero attached hydrogens (tertiary/aromatic N) is 2. The average Bonchev–Trinajstić information content (AvgIpc) is 2.48. The third-order valence-corrected chi connectivity index (χ3v) is 5.17. The van der Waals surface area contributed by atoms with E-state index in [1.807, 2.05) is 24.2 Å². The zero-order valence-electron chi connectivity index (χ0n) is 11.2. The first-order valence-corrected chi connectivity index (χ1v) is 8.23. The minimum atomic E-state index is 0.690. The lowest BCUT2D eigenvalue weighted by atomic mass is 9.86. The largest absolute Gasteiger partial charge is 0.362 e. The smallest absolute Gasteiger partial charge is 0.156 e. The molecule has 1 aromatic heterocycles. The van der Waals surface area contributed by atoms with E-state index in [1.54, 1.807) is 0 Å². The Morgan fingerprint density at radius 2 is 2.11 bits per heavy atom. The molecule has 19 heavy (non-hydrogen) atoms. The van der Waals surface area contributed by atoms with Crippen molar-refractivity contribution in [2.24, 2.45) is 10.9 Å². The van der Waals surface area contributed by atoms with Crippen LogP contribution in [0.4, 0.5) is 0 Å². The predicted octanol–water partition coefficient (Wildman–Crippen LogP) is 2.88. The topological polar surface area (TPSA) is 37.3 Å². The summed E-state index contributed by atoms with van der Waals surface area (Å²) in [5, 5.41) is 4.81. The molecule has 3 rings (SSSR count). The lowest BCUT2D eigenvalue weighted by Crippen LogP contribution is -2.46. The van der Waals surface area contributed by atoms with E-state index >= 15 is 0 Å². The minimum absolute atomic E-state index is 0.690. The second-order valence-corrected chi connectivity index (χ2v) is 6.41. The van der Waals surface area contributed by atoms with Crippen molar-refractivity contribution >= 4 is 16.9 Å². The van der Waals surface area contributed by atoms with E-state index in [0.29, 0.717) is 6.04 Å². The van der Waals surface area contributed by atoms with Gasteiger partial charge in [0.1, 0.15) is 0 Å². The van der Waals surface area contributed by atoms with Gasteiger partial charge in [-0.2, -0.15) is 0 Å². The maximum Gasteiger partial charge on any atom is 0.156 e. The van der Waals surface area contributed by atoms with Crippen LogP contribution in [0.2, 0.25) is 0 Å². The fourth-order valence-corrected chi connectivity index (χ4v) is 4.10. The van der Waals surface area contributed by atoms with Crippen molar-refractivity contribution in [2.45, 2.75) is 38.1 Å². The van der Waals surface area contributed by atoms with Gasteiger partial charge in [0.15, 0.2) is 5.17 Å². The molecule has 2 aliphatic rings. The number of pyridine rings is 1. The van der Waals surface area contributed by atoms with E-state index < -0.39 is 0 Å². The molecule has 3 nitrogen and oxygen atoms in total. The standard InChI is InChI=1S/C15H21N3S/c1-2-4-14-13(3-1)11-19-15(18-14)17-10-7-12-5-8-16-9-6-12/h5-6,8-9,13-14H,1-4,7,10-11H2,(H,17,18). The summed E-state index contributed by atoms with van der Waals surface area (Å²) in [7, 11) is 0. The molecule has 1 saturated heterocycles. The number of aromatic nitrogens is 1. The van der Waals surface area contributed by atoms with E-state index in [-0.39, 0.29) is 0 Å². The summed E-state index contributed by atoms with van der Waals surface area (Å²) in [5.41, 5.74) is 1.32. The fourth-order valence-electron chi connectivity index (χ4n) is 2.91. The fraction of sp³-hybridized carbons (Fsp3) is 0.600. The summed E-state index contributed by atoms with van der Waals surface area (Å²) < 4.78 is 0. The lowest BCUT2D eigenvalue weighted by Gasteiger charge is -2.36. The lowest BCUT2D eigenvalue weighted by molar-refractivity contribution is 0.311. The van der Waals surface area contributed by atoms with Crippen LogP contribution in [0.15, 0.2) is 29.5 Å². The summed E-state index contributed by atoms with van der Waals surface area (Å²) in [6.45, 7) is 0.872. The number of thioether (sulfide) groups is 1. The summed E-state index contributed by atoms with van der Waals surface area (Å²) in [4.78, 5) is 8.75. The van der Waals surface area contributed by atoms with Crippen LogP contribution in [-0.4, -0.2) is 28.5 Å². The Morgan fingerprint density at radius 1 is 1.26 bits per heavy atom. The second-order valence-electron chi connectivity index (χ2n) is 5.40. The van der Waals surface area contributed by atoms with Gasteiger partial charge in [-0.25, -0.2) is 0 Å². The minimum Gasteiger partial charge on any atom is -0.362 e. The van der Waals surface area contributed by atoms with Gasteiger partial charge < -0.3 is 5.32 Å². The monoisotopic (exact) mass is 275 g/mol. The molecule has 0 aromatic carbocycles. The van der Waals surface area contributed by atoms with E-state index in [9.17, 15) is 0 Å². The zero-order chi connectivity index (χ0) is 12.9. The summed E-state index contributed by atoms with van der Waals surface area (Å²) in [5.74, 6) is 2.13. The molecule has 2 heterocycles. The molecule has 1 N–H and O–H groups in total. The third kappa shape index (κ3) is 3.50. The maximum atomic E-state index is 4.72. The highest BCUT2D eigenvalue weighted by atomic mass is 32.2. The van der Waals surface area contributed by atoms with Crippen molar-refractivity contribution in [3.63, 3.8) is 0 Å². The van der Waals surface area contributed by atoms with Crippen LogP contribution in [0.5, 0.6) is 0 Å². The van der Waals surface area contributed by atoms with Crippen LogP contribution >= 0.6 is 11.8 Å². The quantitative estimate of drug-likeness (QED) is 0.921. The maximum absolute atomic E-state index is 4.72. The molecule has 0 radical (unpaired) electrons. The molecule has 0 bridgehead atoms. The number of hydrogen-bond acceptors (Lipinski definition) is 3. The molecule has 2 fully saturated rings. The molecule has 102 valence electrons. The molecule has 2 unspecified atom stereocenters. The summed E-state index contributed by atoms with van der Waals surface area (Å²) in [6, 6.07) is 4.83. The average molecular weight is 275 g/mol. The van der Waals surface area contributed by atoms with Gasteiger partial charge in [-0.15, -0.1) is 0 Å². The van der Waals surface area contributed by atoms with Gasteiger partial charge in [-0.05, 0) is 42.9 Å². The molecule has 1 aromatic rings. The Morgan fingerprint density at radius 3 is 3.00 bits per heavy atom. The van der Waals surface area contributed by atoms with E-state index in [1.165, 1.54) is 37.0 Å². The molecule has 1 aliphatic heterocycles. The summed E-state index contributed by atoms with van der Waals surface area (Å²) in [6.07, 6.45) is 10.2. The van der Waals surface area contributed by atoms with Crippen molar-refractivity contribution in [3.05, 3.63) is 30.1 Å². The molecule has 0 spiro atoms. The summed E-state index contributed by atoms with van der Waals surface area (Å²) >= 11 is 1.91. The van der Waals surface area contributed by atoms with Crippen molar-refractivity contribution in [1.82, 2.24) is 10.3 Å². The van der Waals surface area contributed by atoms with Gasteiger partial charge >= 0.3 is 0 Å². The first-order valence-electron chi connectivity index (χ1n) is 7.24. The van der Waals surface area contributed by atoms with Crippen molar-refractivity contribution in [1.29, 1.82) is 0 Å². The molecule has 1 saturated carbocycles. The first kappa shape index (κ1) is 13.0. The Labute approximate surface area is 119 Å². The molecule has 0 amide bonds. The number of hydrogen-bond donors (Lipinski definition) is 1. The van der Waals surface area contributed by atoms with Gasteiger partial charge in [-0.3, -0.25) is 9.98 Å². The van der Waals surface area contributed by atoms with Gasteiger partial charge in [-0.1, -0.05) is 24.6 Å². The Balaban J connectivity index is 1.50. The van der Waals surface area contributed by atoms with Crippen LogP contribution in [0.25, 0.3) is 0 Å². The van der Waals surface area contributed by atoms with Crippen molar-refractivity contribution in [3.8, 4) is 0 Å². The second kappa shape index (κ2) is 6.42. The normalized spacial score (nSPS) is 28.7. The van der Waals surface area contributed by atoms with Crippen LogP contribution in [-0.2, 0) is 6.42 Å².